The number of hydrogen-bond acceptors (Lipinski definition) is 4. The molecule has 0 fully saturated rings. The summed E-state index contributed by atoms with van der Waals surface area (Å²) in [5.74, 6) is 0.194. The van der Waals surface area contributed by atoms with Gasteiger partial charge in [0.25, 0.3) is 15.9 Å². The van der Waals surface area contributed by atoms with Gasteiger partial charge in [-0.05, 0) is 56.0 Å². The summed E-state index contributed by atoms with van der Waals surface area (Å²) in [5, 5.41) is 2.71. The second-order valence-electron chi connectivity index (χ2n) is 6.57. The van der Waals surface area contributed by atoms with E-state index in [0.717, 1.165) is 30.5 Å². The summed E-state index contributed by atoms with van der Waals surface area (Å²) >= 11 is 0. The molecule has 7 heteroatoms. The van der Waals surface area contributed by atoms with E-state index in [1.165, 1.54) is 16.4 Å². The molecular formula is C19H20N2O4S. The fraction of sp³-hybridized carbons (Fsp3) is 0.316. The van der Waals surface area contributed by atoms with Gasteiger partial charge in [0, 0.05) is 6.54 Å². The summed E-state index contributed by atoms with van der Waals surface area (Å²) in [5.41, 5.74) is 2.16. The lowest BCUT2D eigenvalue weighted by molar-refractivity contribution is -0.122. The number of rotatable bonds is 2. The Morgan fingerprint density at radius 2 is 1.96 bits per heavy atom. The van der Waals surface area contributed by atoms with Gasteiger partial charge in [-0.2, -0.15) is 0 Å². The van der Waals surface area contributed by atoms with Crippen molar-refractivity contribution < 1.29 is 17.9 Å². The Hall–Kier alpha value is -2.54. The number of aryl methyl sites for hydroxylation is 1. The van der Waals surface area contributed by atoms with Gasteiger partial charge in [-0.25, -0.2) is 8.42 Å². The minimum atomic E-state index is -3.74. The number of sulfonamides is 1. The van der Waals surface area contributed by atoms with Crippen LogP contribution in [0.25, 0.3) is 0 Å². The molecule has 2 aromatic carbocycles. The van der Waals surface area contributed by atoms with E-state index in [9.17, 15) is 13.2 Å². The van der Waals surface area contributed by atoms with Crippen molar-refractivity contribution in [3.63, 3.8) is 0 Å². The van der Waals surface area contributed by atoms with Gasteiger partial charge in [0.15, 0.2) is 6.10 Å². The number of benzene rings is 2. The highest BCUT2D eigenvalue weighted by molar-refractivity contribution is 7.92. The summed E-state index contributed by atoms with van der Waals surface area (Å²) in [6.07, 6.45) is 2.03. The van der Waals surface area contributed by atoms with Crippen LogP contribution < -0.4 is 14.4 Å². The predicted molar refractivity (Wildman–Crippen MR) is 99.1 cm³/mol. The first-order valence-corrected chi connectivity index (χ1v) is 10.1. The maximum atomic E-state index is 13.3. The number of anilines is 2. The van der Waals surface area contributed by atoms with Crippen molar-refractivity contribution >= 4 is 27.3 Å². The van der Waals surface area contributed by atoms with Gasteiger partial charge < -0.3 is 10.1 Å². The number of nitrogens with one attached hydrogen (secondary N) is 1. The molecule has 2 heterocycles. The maximum Gasteiger partial charge on any atom is 0.265 e. The average Bonchev–Trinajstić information content (AvgIpc) is 2.85. The predicted octanol–water partition coefficient (Wildman–Crippen LogP) is 2.94. The molecule has 0 saturated carbocycles. The number of ether oxygens (including phenoxy) is 1. The van der Waals surface area contributed by atoms with E-state index in [2.05, 4.69) is 5.32 Å². The first-order valence-electron chi connectivity index (χ1n) is 8.69. The van der Waals surface area contributed by atoms with Crippen molar-refractivity contribution in [1.82, 2.24) is 0 Å². The Morgan fingerprint density at radius 1 is 1.15 bits per heavy atom. The first-order chi connectivity index (χ1) is 12.5. The van der Waals surface area contributed by atoms with E-state index >= 15 is 0 Å². The van der Waals surface area contributed by atoms with E-state index in [4.69, 9.17) is 4.74 Å². The summed E-state index contributed by atoms with van der Waals surface area (Å²) in [6, 6.07) is 12.2. The van der Waals surface area contributed by atoms with Crippen LogP contribution in [0.15, 0.2) is 47.4 Å². The molecule has 0 bridgehead atoms. The molecule has 0 saturated heterocycles. The molecule has 2 aliphatic heterocycles. The zero-order valence-corrected chi connectivity index (χ0v) is 15.3. The average molecular weight is 372 g/mol. The van der Waals surface area contributed by atoms with E-state index in [1.807, 2.05) is 24.3 Å². The molecule has 4 rings (SSSR count). The Kier molecular flexibility index (Phi) is 4.11. The summed E-state index contributed by atoms with van der Waals surface area (Å²) in [7, 11) is -3.74. The van der Waals surface area contributed by atoms with Gasteiger partial charge in [-0.3, -0.25) is 9.10 Å². The van der Waals surface area contributed by atoms with Crippen LogP contribution in [0.5, 0.6) is 5.75 Å². The van der Waals surface area contributed by atoms with Crippen LogP contribution in [0, 0.1) is 0 Å². The number of carbonyl (C=O) groups excluding carboxylic acids is 1. The second-order valence-corrected chi connectivity index (χ2v) is 8.43. The fourth-order valence-corrected chi connectivity index (χ4v) is 4.95. The largest absolute Gasteiger partial charge is 0.479 e. The number of fused-ring (bicyclic) bond motifs is 2. The van der Waals surface area contributed by atoms with Crippen LogP contribution >= 0.6 is 0 Å². The van der Waals surface area contributed by atoms with Crippen LogP contribution in [-0.4, -0.2) is 27.0 Å². The number of nitrogens with zero attached hydrogens (tertiary/aromatic N) is 1. The minimum Gasteiger partial charge on any atom is -0.479 e. The number of carbonyl (C=O) groups is 1. The number of para-hydroxylation sites is 1. The molecule has 0 spiro atoms. The summed E-state index contributed by atoms with van der Waals surface area (Å²) in [6.45, 7) is 2.09. The zero-order valence-electron chi connectivity index (χ0n) is 14.4. The maximum absolute atomic E-state index is 13.3. The molecule has 136 valence electrons. The quantitative estimate of drug-likeness (QED) is 0.879. The number of hydrogen-bond donors (Lipinski definition) is 1. The molecule has 1 atom stereocenters. The molecule has 2 aromatic rings. The monoisotopic (exact) mass is 372 g/mol. The van der Waals surface area contributed by atoms with Crippen molar-refractivity contribution in [2.75, 3.05) is 16.2 Å². The normalized spacial score (nSPS) is 19.7. The van der Waals surface area contributed by atoms with Crippen molar-refractivity contribution in [2.24, 2.45) is 0 Å². The zero-order chi connectivity index (χ0) is 18.3. The Labute approximate surface area is 152 Å². The van der Waals surface area contributed by atoms with Gasteiger partial charge in [-0.1, -0.05) is 18.2 Å². The second kappa shape index (κ2) is 6.32. The van der Waals surface area contributed by atoms with E-state index in [0.29, 0.717) is 18.0 Å². The molecule has 0 aromatic heterocycles. The lowest BCUT2D eigenvalue weighted by Crippen LogP contribution is -2.35. The third kappa shape index (κ3) is 2.82. The lowest BCUT2D eigenvalue weighted by atomic mass is 10.1. The van der Waals surface area contributed by atoms with Crippen LogP contribution in [0.1, 0.15) is 25.3 Å². The number of amides is 1. The molecule has 6 nitrogen and oxygen atoms in total. The van der Waals surface area contributed by atoms with Crippen LogP contribution in [-0.2, 0) is 21.2 Å². The van der Waals surface area contributed by atoms with Crippen molar-refractivity contribution in [3.8, 4) is 5.75 Å². The minimum absolute atomic E-state index is 0.145. The molecule has 26 heavy (non-hydrogen) atoms. The molecule has 1 N–H and O–H groups in total. The summed E-state index contributed by atoms with van der Waals surface area (Å²) < 4.78 is 33.6. The molecule has 2 aliphatic rings. The van der Waals surface area contributed by atoms with Gasteiger partial charge >= 0.3 is 0 Å². The molecule has 0 aliphatic carbocycles. The topological polar surface area (TPSA) is 75.7 Å². The molecular weight excluding hydrogens is 352 g/mol. The standard InChI is InChI=1S/C19H20N2O4S/c1-13-19(22)20-16-12-15(9-10-18(16)25-13)26(23,24)21-11-5-4-7-14-6-2-3-8-17(14)21/h2-3,6,8-10,12-13H,4-5,7,11H2,1H3,(H,20,22). The van der Waals surface area contributed by atoms with Crippen molar-refractivity contribution in [3.05, 3.63) is 48.0 Å². The highest BCUT2D eigenvalue weighted by atomic mass is 32.2. The van der Waals surface area contributed by atoms with Crippen LogP contribution in [0.3, 0.4) is 0 Å². The molecule has 0 radical (unpaired) electrons. The van der Waals surface area contributed by atoms with Crippen molar-refractivity contribution in [2.45, 2.75) is 37.2 Å². The first kappa shape index (κ1) is 16.9. The Bertz CT molecular complexity index is 971. The molecule has 1 amide bonds. The smallest absolute Gasteiger partial charge is 0.265 e. The molecule has 1 unspecified atom stereocenters. The van der Waals surface area contributed by atoms with Gasteiger partial charge in [0.1, 0.15) is 5.75 Å². The van der Waals surface area contributed by atoms with Crippen molar-refractivity contribution in [1.29, 1.82) is 0 Å². The fourth-order valence-electron chi connectivity index (χ4n) is 3.38. The van der Waals surface area contributed by atoms with Crippen LogP contribution in [0.2, 0.25) is 0 Å². The van der Waals surface area contributed by atoms with Gasteiger partial charge in [-0.15, -0.1) is 0 Å². The third-order valence-corrected chi connectivity index (χ3v) is 6.60. The highest BCUT2D eigenvalue weighted by Gasteiger charge is 2.30. The summed E-state index contributed by atoms with van der Waals surface area (Å²) in [4.78, 5) is 12.0. The van der Waals surface area contributed by atoms with E-state index in [1.54, 1.807) is 13.0 Å². The van der Waals surface area contributed by atoms with Gasteiger partial charge in [0.2, 0.25) is 0 Å². The Morgan fingerprint density at radius 3 is 2.81 bits per heavy atom. The van der Waals surface area contributed by atoms with E-state index < -0.39 is 16.1 Å². The highest BCUT2D eigenvalue weighted by Crippen LogP contribution is 2.35. The van der Waals surface area contributed by atoms with Gasteiger partial charge in [0.05, 0.1) is 16.3 Å². The van der Waals surface area contributed by atoms with E-state index in [-0.39, 0.29) is 10.8 Å². The van der Waals surface area contributed by atoms with Crippen LogP contribution in [0.4, 0.5) is 11.4 Å². The SMILES string of the molecule is CC1Oc2ccc(S(=O)(=O)N3CCCCc4ccccc43)cc2NC1=O. The lowest BCUT2D eigenvalue weighted by Gasteiger charge is -2.27. The third-order valence-electron chi connectivity index (χ3n) is 4.79. The Balaban J connectivity index is 1.76.